The molecule has 90 valence electrons. The Morgan fingerprint density at radius 2 is 2.06 bits per heavy atom. The predicted octanol–water partition coefficient (Wildman–Crippen LogP) is 3.69. The van der Waals surface area contributed by atoms with E-state index >= 15 is 0 Å². The highest BCUT2D eigenvalue weighted by Gasteiger charge is 2.13. The minimum atomic E-state index is -0.891. The minimum Gasteiger partial charge on any atom is -0.388 e. The predicted molar refractivity (Wildman–Crippen MR) is 64.0 cm³/mol. The maximum atomic E-state index is 13.4. The Morgan fingerprint density at radius 1 is 1.24 bits per heavy atom. The standard InChI is InChI=1S/C13H12F2OS/c14-9-3-5-11(12(15)8-9)13(16)6-4-10-2-1-7-17-10/h1-3,5,7-8,13,16H,4,6H2. The van der Waals surface area contributed by atoms with E-state index in [-0.39, 0.29) is 5.56 Å². The SMILES string of the molecule is OC(CCc1cccs1)c1ccc(F)cc1F. The Kier molecular flexibility index (Phi) is 3.86. The first kappa shape index (κ1) is 12.2. The second-order valence-electron chi connectivity index (χ2n) is 3.80. The van der Waals surface area contributed by atoms with Crippen LogP contribution < -0.4 is 0 Å². The molecule has 17 heavy (non-hydrogen) atoms. The van der Waals surface area contributed by atoms with Gasteiger partial charge in [-0.2, -0.15) is 0 Å². The van der Waals surface area contributed by atoms with E-state index in [1.54, 1.807) is 11.3 Å². The van der Waals surface area contributed by atoms with Gasteiger partial charge in [-0.05, 0) is 30.4 Å². The Balaban J connectivity index is 2.01. The van der Waals surface area contributed by atoms with Crippen molar-refractivity contribution in [2.45, 2.75) is 18.9 Å². The van der Waals surface area contributed by atoms with Crippen molar-refractivity contribution in [2.24, 2.45) is 0 Å². The first-order valence-electron chi connectivity index (χ1n) is 5.32. The van der Waals surface area contributed by atoms with Crippen LogP contribution in [0.3, 0.4) is 0 Å². The van der Waals surface area contributed by atoms with E-state index in [1.807, 2.05) is 17.5 Å². The number of aryl methyl sites for hydroxylation is 1. The summed E-state index contributed by atoms with van der Waals surface area (Å²) < 4.78 is 26.1. The van der Waals surface area contributed by atoms with Crippen molar-refractivity contribution in [1.29, 1.82) is 0 Å². The van der Waals surface area contributed by atoms with Crippen LogP contribution in [0.2, 0.25) is 0 Å². The summed E-state index contributed by atoms with van der Waals surface area (Å²) in [5.41, 5.74) is 0.156. The van der Waals surface area contributed by atoms with Crippen LogP contribution >= 0.6 is 11.3 Å². The minimum absolute atomic E-state index is 0.156. The van der Waals surface area contributed by atoms with Crippen LogP contribution in [0.5, 0.6) is 0 Å². The summed E-state index contributed by atoms with van der Waals surface area (Å²) in [7, 11) is 0. The van der Waals surface area contributed by atoms with Crippen molar-refractivity contribution in [3.05, 3.63) is 57.8 Å². The zero-order chi connectivity index (χ0) is 12.3. The summed E-state index contributed by atoms with van der Waals surface area (Å²) in [6.45, 7) is 0. The Labute approximate surface area is 102 Å². The Hall–Kier alpha value is -1.26. The van der Waals surface area contributed by atoms with Crippen LogP contribution in [-0.4, -0.2) is 5.11 Å². The van der Waals surface area contributed by atoms with Gasteiger partial charge >= 0.3 is 0 Å². The van der Waals surface area contributed by atoms with Crippen molar-refractivity contribution < 1.29 is 13.9 Å². The lowest BCUT2D eigenvalue weighted by Gasteiger charge is -2.11. The van der Waals surface area contributed by atoms with E-state index in [1.165, 1.54) is 6.07 Å². The van der Waals surface area contributed by atoms with E-state index in [9.17, 15) is 13.9 Å². The van der Waals surface area contributed by atoms with Gasteiger partial charge in [-0.3, -0.25) is 0 Å². The van der Waals surface area contributed by atoms with Crippen molar-refractivity contribution in [3.8, 4) is 0 Å². The fraction of sp³-hybridized carbons (Fsp3) is 0.231. The van der Waals surface area contributed by atoms with Gasteiger partial charge in [0.05, 0.1) is 6.10 Å². The van der Waals surface area contributed by atoms with E-state index in [0.717, 1.165) is 17.0 Å². The summed E-state index contributed by atoms with van der Waals surface area (Å²) in [4.78, 5) is 1.14. The maximum absolute atomic E-state index is 13.4. The quantitative estimate of drug-likeness (QED) is 0.882. The number of aliphatic hydroxyl groups excluding tert-OH is 1. The van der Waals surface area contributed by atoms with Gasteiger partial charge in [-0.15, -0.1) is 11.3 Å². The molecular weight excluding hydrogens is 242 g/mol. The maximum Gasteiger partial charge on any atom is 0.131 e. The third-order valence-electron chi connectivity index (χ3n) is 2.57. The summed E-state index contributed by atoms with van der Waals surface area (Å²) >= 11 is 1.60. The molecule has 4 heteroatoms. The number of halogens is 2. The monoisotopic (exact) mass is 254 g/mol. The molecule has 1 nitrogen and oxygen atoms in total. The molecule has 0 amide bonds. The molecule has 1 heterocycles. The number of hydrogen-bond donors (Lipinski definition) is 1. The molecule has 1 atom stereocenters. The van der Waals surface area contributed by atoms with E-state index in [2.05, 4.69) is 0 Å². The number of hydrogen-bond acceptors (Lipinski definition) is 2. The molecule has 0 bridgehead atoms. The average molecular weight is 254 g/mol. The van der Waals surface area contributed by atoms with E-state index < -0.39 is 17.7 Å². The van der Waals surface area contributed by atoms with Gasteiger partial charge < -0.3 is 5.11 Å². The smallest absolute Gasteiger partial charge is 0.131 e. The van der Waals surface area contributed by atoms with Gasteiger partial charge in [0.25, 0.3) is 0 Å². The molecule has 0 radical (unpaired) electrons. The van der Waals surface area contributed by atoms with Gasteiger partial charge in [0.2, 0.25) is 0 Å². The third kappa shape index (κ3) is 3.11. The molecule has 0 aliphatic heterocycles. The third-order valence-corrected chi connectivity index (χ3v) is 3.50. The molecule has 2 aromatic rings. The molecule has 1 aromatic heterocycles. The first-order valence-corrected chi connectivity index (χ1v) is 6.20. The van der Waals surface area contributed by atoms with Crippen LogP contribution in [-0.2, 0) is 6.42 Å². The molecule has 1 N–H and O–H groups in total. The molecule has 2 rings (SSSR count). The lowest BCUT2D eigenvalue weighted by atomic mass is 10.0. The van der Waals surface area contributed by atoms with Gasteiger partial charge in [0, 0.05) is 16.5 Å². The van der Waals surface area contributed by atoms with Gasteiger partial charge in [0.1, 0.15) is 11.6 Å². The number of benzene rings is 1. The van der Waals surface area contributed by atoms with Crippen LogP contribution in [0.15, 0.2) is 35.7 Å². The lowest BCUT2D eigenvalue weighted by molar-refractivity contribution is 0.163. The number of thiophene rings is 1. The highest BCUT2D eigenvalue weighted by Crippen LogP contribution is 2.23. The molecule has 0 aliphatic rings. The molecule has 0 spiro atoms. The van der Waals surface area contributed by atoms with Crippen LogP contribution in [0.25, 0.3) is 0 Å². The normalized spacial score (nSPS) is 12.6. The van der Waals surface area contributed by atoms with Crippen LogP contribution in [0.4, 0.5) is 8.78 Å². The van der Waals surface area contributed by atoms with Crippen LogP contribution in [0.1, 0.15) is 23.0 Å². The first-order chi connectivity index (χ1) is 8.16. The van der Waals surface area contributed by atoms with Crippen LogP contribution in [0, 0.1) is 11.6 Å². The largest absolute Gasteiger partial charge is 0.388 e. The molecule has 0 aliphatic carbocycles. The second kappa shape index (κ2) is 5.38. The molecule has 1 unspecified atom stereocenters. The van der Waals surface area contributed by atoms with Crippen molar-refractivity contribution in [1.82, 2.24) is 0 Å². The van der Waals surface area contributed by atoms with Crippen molar-refractivity contribution in [2.75, 3.05) is 0 Å². The summed E-state index contributed by atoms with van der Waals surface area (Å²) in [5, 5.41) is 11.8. The fourth-order valence-electron chi connectivity index (χ4n) is 1.66. The molecule has 0 fully saturated rings. The zero-order valence-corrected chi connectivity index (χ0v) is 9.88. The van der Waals surface area contributed by atoms with Crippen molar-refractivity contribution in [3.63, 3.8) is 0 Å². The number of rotatable bonds is 4. The Bertz CT molecular complexity index is 482. The second-order valence-corrected chi connectivity index (χ2v) is 4.83. The summed E-state index contributed by atoms with van der Waals surface area (Å²) in [6.07, 6.45) is 0.233. The van der Waals surface area contributed by atoms with Gasteiger partial charge in [0.15, 0.2) is 0 Å². The summed E-state index contributed by atoms with van der Waals surface area (Å²) in [6, 6.07) is 7.16. The highest BCUT2D eigenvalue weighted by molar-refractivity contribution is 7.09. The zero-order valence-electron chi connectivity index (χ0n) is 9.07. The fourth-order valence-corrected chi connectivity index (χ4v) is 2.39. The molecule has 1 aromatic carbocycles. The molecule has 0 saturated heterocycles. The topological polar surface area (TPSA) is 20.2 Å². The Morgan fingerprint density at radius 3 is 2.71 bits per heavy atom. The van der Waals surface area contributed by atoms with Crippen molar-refractivity contribution >= 4 is 11.3 Å². The van der Waals surface area contributed by atoms with Gasteiger partial charge in [-0.1, -0.05) is 12.1 Å². The molecule has 0 saturated carbocycles. The van der Waals surface area contributed by atoms with E-state index in [0.29, 0.717) is 12.8 Å². The van der Waals surface area contributed by atoms with Gasteiger partial charge in [-0.25, -0.2) is 8.78 Å². The highest BCUT2D eigenvalue weighted by atomic mass is 32.1. The van der Waals surface area contributed by atoms with E-state index in [4.69, 9.17) is 0 Å². The lowest BCUT2D eigenvalue weighted by Crippen LogP contribution is -2.02. The summed E-state index contributed by atoms with van der Waals surface area (Å²) in [5.74, 6) is -1.32. The molecular formula is C13H12F2OS. The number of aliphatic hydroxyl groups is 1. The average Bonchev–Trinajstić information content (AvgIpc) is 2.78.